The second-order valence-corrected chi connectivity index (χ2v) is 5.25. The van der Waals surface area contributed by atoms with Crippen LogP contribution in [0, 0.1) is 0 Å². The minimum atomic E-state index is 0.712. The van der Waals surface area contributed by atoms with Crippen molar-refractivity contribution in [3.05, 3.63) is 58.6 Å². The van der Waals surface area contributed by atoms with Gasteiger partial charge >= 0.3 is 0 Å². The first-order valence-corrected chi connectivity index (χ1v) is 6.90. The molecule has 0 radical (unpaired) electrons. The van der Waals surface area contributed by atoms with Crippen LogP contribution in [0.5, 0.6) is 0 Å². The van der Waals surface area contributed by atoms with E-state index in [9.17, 15) is 0 Å². The van der Waals surface area contributed by atoms with Crippen LogP contribution in [0.25, 0.3) is 10.2 Å². The number of thiazole rings is 1. The largest absolute Gasteiger partial charge is 0.378 e. The predicted molar refractivity (Wildman–Crippen MR) is 78.4 cm³/mol. The normalized spacial score (nSPS) is 10.7. The molecule has 0 unspecified atom stereocenters. The number of anilines is 1. The second-order valence-electron chi connectivity index (χ2n) is 3.96. The number of aromatic nitrogens is 1. The van der Waals surface area contributed by atoms with E-state index in [1.54, 1.807) is 11.3 Å². The number of rotatable bonds is 3. The number of hydrogen-bond donors (Lipinski definition) is 1. The van der Waals surface area contributed by atoms with Crippen molar-refractivity contribution < 1.29 is 0 Å². The Labute approximate surface area is 114 Å². The van der Waals surface area contributed by atoms with Crippen molar-refractivity contribution in [1.82, 2.24) is 4.98 Å². The van der Waals surface area contributed by atoms with E-state index in [1.807, 2.05) is 35.8 Å². The van der Waals surface area contributed by atoms with Gasteiger partial charge in [0.15, 0.2) is 0 Å². The molecule has 2 nitrogen and oxygen atoms in total. The van der Waals surface area contributed by atoms with E-state index in [0.29, 0.717) is 5.02 Å². The highest BCUT2D eigenvalue weighted by molar-refractivity contribution is 7.16. The molecule has 0 bridgehead atoms. The third kappa shape index (κ3) is 2.19. The zero-order chi connectivity index (χ0) is 12.4. The Hall–Kier alpha value is -1.58. The smallest absolute Gasteiger partial charge is 0.106 e. The van der Waals surface area contributed by atoms with Crippen molar-refractivity contribution in [3.63, 3.8) is 0 Å². The number of nitrogens with one attached hydrogen (secondary N) is 1. The highest BCUT2D eigenvalue weighted by Crippen LogP contribution is 2.32. The highest BCUT2D eigenvalue weighted by Gasteiger charge is 2.08. The minimum absolute atomic E-state index is 0.712. The Bertz CT molecular complexity index is 664. The van der Waals surface area contributed by atoms with Crippen molar-refractivity contribution >= 4 is 38.8 Å². The van der Waals surface area contributed by atoms with Gasteiger partial charge in [0, 0.05) is 6.54 Å². The summed E-state index contributed by atoms with van der Waals surface area (Å²) < 4.78 is 1.15. The van der Waals surface area contributed by atoms with Crippen LogP contribution >= 0.6 is 22.9 Å². The van der Waals surface area contributed by atoms with Gasteiger partial charge in [-0.2, -0.15) is 0 Å². The van der Waals surface area contributed by atoms with Gasteiger partial charge in [-0.1, -0.05) is 41.9 Å². The molecule has 18 heavy (non-hydrogen) atoms. The van der Waals surface area contributed by atoms with Gasteiger partial charge < -0.3 is 5.32 Å². The fourth-order valence-corrected chi connectivity index (χ4v) is 2.77. The van der Waals surface area contributed by atoms with Gasteiger partial charge in [-0.15, -0.1) is 11.3 Å². The number of benzene rings is 2. The molecule has 1 aromatic heterocycles. The summed E-state index contributed by atoms with van der Waals surface area (Å²) in [5.74, 6) is 0. The molecular weight excluding hydrogens is 264 g/mol. The SMILES string of the molecule is Clc1ccc2scnc2c1NCc1ccccc1. The van der Waals surface area contributed by atoms with Gasteiger partial charge in [-0.25, -0.2) is 4.98 Å². The molecule has 0 amide bonds. The van der Waals surface area contributed by atoms with Crippen LogP contribution in [-0.4, -0.2) is 4.98 Å². The van der Waals surface area contributed by atoms with Gasteiger partial charge in [-0.3, -0.25) is 0 Å². The summed E-state index contributed by atoms with van der Waals surface area (Å²) in [5, 5.41) is 4.08. The maximum absolute atomic E-state index is 6.23. The molecule has 1 heterocycles. The lowest BCUT2D eigenvalue weighted by Crippen LogP contribution is -2.00. The van der Waals surface area contributed by atoms with Gasteiger partial charge in [0.05, 0.1) is 20.9 Å². The monoisotopic (exact) mass is 274 g/mol. The standard InChI is InChI=1S/C14H11ClN2S/c15-11-6-7-12-14(17-9-18-12)13(11)16-8-10-4-2-1-3-5-10/h1-7,9,16H,8H2. The van der Waals surface area contributed by atoms with E-state index >= 15 is 0 Å². The van der Waals surface area contributed by atoms with Crippen molar-refractivity contribution in [3.8, 4) is 0 Å². The van der Waals surface area contributed by atoms with E-state index in [2.05, 4.69) is 22.4 Å². The molecule has 0 fully saturated rings. The average molecular weight is 275 g/mol. The van der Waals surface area contributed by atoms with Crippen LogP contribution in [-0.2, 0) is 6.54 Å². The van der Waals surface area contributed by atoms with Crippen LogP contribution in [0.1, 0.15) is 5.56 Å². The summed E-state index contributed by atoms with van der Waals surface area (Å²) in [6.45, 7) is 0.747. The maximum atomic E-state index is 6.23. The fraction of sp³-hybridized carbons (Fsp3) is 0.0714. The van der Waals surface area contributed by atoms with Crippen molar-refractivity contribution in [2.24, 2.45) is 0 Å². The molecule has 90 valence electrons. The Morgan fingerprint density at radius 1 is 1.11 bits per heavy atom. The lowest BCUT2D eigenvalue weighted by Gasteiger charge is -2.09. The summed E-state index contributed by atoms with van der Waals surface area (Å²) in [4.78, 5) is 4.36. The molecule has 3 aromatic rings. The van der Waals surface area contributed by atoms with E-state index in [-0.39, 0.29) is 0 Å². The summed E-state index contributed by atoms with van der Waals surface area (Å²) in [6.07, 6.45) is 0. The van der Waals surface area contributed by atoms with Gasteiger partial charge in [0.1, 0.15) is 5.52 Å². The summed E-state index contributed by atoms with van der Waals surface area (Å²) in [5.41, 5.74) is 4.93. The van der Waals surface area contributed by atoms with E-state index in [4.69, 9.17) is 11.6 Å². The molecule has 4 heteroatoms. The van der Waals surface area contributed by atoms with E-state index in [1.165, 1.54) is 5.56 Å². The lowest BCUT2D eigenvalue weighted by molar-refractivity contribution is 1.15. The van der Waals surface area contributed by atoms with Crippen LogP contribution < -0.4 is 5.32 Å². The van der Waals surface area contributed by atoms with Gasteiger partial charge in [0.2, 0.25) is 0 Å². The molecule has 2 aromatic carbocycles. The summed E-state index contributed by atoms with van der Waals surface area (Å²) in [6, 6.07) is 14.2. The maximum Gasteiger partial charge on any atom is 0.106 e. The predicted octanol–water partition coefficient (Wildman–Crippen LogP) is 4.56. The number of nitrogens with zero attached hydrogens (tertiary/aromatic N) is 1. The van der Waals surface area contributed by atoms with Crippen LogP contribution in [0.2, 0.25) is 5.02 Å². The van der Waals surface area contributed by atoms with E-state index < -0.39 is 0 Å². The Morgan fingerprint density at radius 3 is 2.78 bits per heavy atom. The topological polar surface area (TPSA) is 24.9 Å². The molecular formula is C14H11ClN2S. The molecule has 1 N–H and O–H groups in total. The van der Waals surface area contributed by atoms with Crippen LogP contribution in [0.3, 0.4) is 0 Å². The molecule has 3 rings (SSSR count). The van der Waals surface area contributed by atoms with Crippen LogP contribution in [0.15, 0.2) is 48.0 Å². The molecule has 0 aliphatic carbocycles. The number of halogens is 1. The number of hydrogen-bond acceptors (Lipinski definition) is 3. The quantitative estimate of drug-likeness (QED) is 0.757. The van der Waals surface area contributed by atoms with Gasteiger partial charge in [-0.05, 0) is 17.7 Å². The molecule has 0 saturated carbocycles. The van der Waals surface area contributed by atoms with Crippen molar-refractivity contribution in [2.45, 2.75) is 6.54 Å². The Kier molecular flexibility index (Phi) is 3.17. The summed E-state index contributed by atoms with van der Waals surface area (Å²) >= 11 is 7.85. The lowest BCUT2D eigenvalue weighted by atomic mass is 10.2. The highest BCUT2D eigenvalue weighted by atomic mass is 35.5. The second kappa shape index (κ2) is 4.96. The molecule has 0 aliphatic heterocycles. The minimum Gasteiger partial charge on any atom is -0.378 e. The Morgan fingerprint density at radius 2 is 1.94 bits per heavy atom. The first-order valence-electron chi connectivity index (χ1n) is 5.64. The first-order chi connectivity index (χ1) is 8.84. The summed E-state index contributed by atoms with van der Waals surface area (Å²) in [7, 11) is 0. The van der Waals surface area contributed by atoms with Gasteiger partial charge in [0.25, 0.3) is 0 Å². The first kappa shape index (κ1) is 11.5. The fourth-order valence-electron chi connectivity index (χ4n) is 1.86. The number of fused-ring (bicyclic) bond motifs is 1. The average Bonchev–Trinajstić information content (AvgIpc) is 2.87. The molecule has 0 saturated heterocycles. The molecule has 0 aliphatic rings. The van der Waals surface area contributed by atoms with E-state index in [0.717, 1.165) is 22.4 Å². The molecule has 0 atom stereocenters. The zero-order valence-electron chi connectivity index (χ0n) is 9.56. The van der Waals surface area contributed by atoms with Crippen molar-refractivity contribution in [1.29, 1.82) is 0 Å². The Balaban J connectivity index is 1.90. The van der Waals surface area contributed by atoms with Crippen molar-refractivity contribution in [2.75, 3.05) is 5.32 Å². The molecule has 0 spiro atoms. The van der Waals surface area contributed by atoms with Crippen LogP contribution in [0.4, 0.5) is 5.69 Å². The third-order valence-electron chi connectivity index (χ3n) is 2.76. The zero-order valence-corrected chi connectivity index (χ0v) is 11.1. The third-order valence-corrected chi connectivity index (χ3v) is 3.87.